The molecule has 1 aromatic carbocycles. The fourth-order valence-electron chi connectivity index (χ4n) is 0.959. The number of benzene rings is 1. The third-order valence-electron chi connectivity index (χ3n) is 1.61. The number of hydrogen-bond donors (Lipinski definition) is 3. The van der Waals surface area contributed by atoms with Crippen molar-refractivity contribution in [1.29, 1.82) is 5.41 Å². The lowest BCUT2D eigenvalue weighted by atomic mass is 10.1. The standard InChI is InChI=1S/C9H11ClN4/c1-6(13-14-9(11)12)7-4-2-3-5-8(7)10/h2-5H,1H3,(H4,11,12,14)/b13-6+. The number of nitrogens with one attached hydrogen (secondary N) is 2. The predicted octanol–water partition coefficient (Wildman–Crippen LogP) is 1.55. The van der Waals surface area contributed by atoms with Crippen molar-refractivity contribution in [3.63, 3.8) is 0 Å². The summed E-state index contributed by atoms with van der Waals surface area (Å²) in [4.78, 5) is 0. The van der Waals surface area contributed by atoms with Gasteiger partial charge in [-0.3, -0.25) is 5.41 Å². The van der Waals surface area contributed by atoms with Crippen LogP contribution < -0.4 is 11.2 Å². The van der Waals surface area contributed by atoms with E-state index >= 15 is 0 Å². The van der Waals surface area contributed by atoms with Gasteiger partial charge in [-0.25, -0.2) is 5.43 Å². The molecule has 0 aliphatic carbocycles. The Kier molecular flexibility index (Phi) is 3.48. The van der Waals surface area contributed by atoms with Crippen LogP contribution in [0.3, 0.4) is 0 Å². The maximum atomic E-state index is 6.93. The molecule has 0 radical (unpaired) electrons. The van der Waals surface area contributed by atoms with Gasteiger partial charge in [0.2, 0.25) is 5.96 Å². The number of hydrazone groups is 1. The van der Waals surface area contributed by atoms with E-state index in [0.29, 0.717) is 10.7 Å². The van der Waals surface area contributed by atoms with E-state index in [2.05, 4.69) is 10.5 Å². The molecule has 1 aromatic rings. The summed E-state index contributed by atoms with van der Waals surface area (Å²) in [5, 5.41) is 11.4. The highest BCUT2D eigenvalue weighted by Gasteiger charge is 2.01. The van der Waals surface area contributed by atoms with E-state index in [1.54, 1.807) is 13.0 Å². The van der Waals surface area contributed by atoms with Crippen LogP contribution in [-0.2, 0) is 0 Å². The second kappa shape index (κ2) is 4.62. The lowest BCUT2D eigenvalue weighted by molar-refractivity contribution is 0.992. The Morgan fingerprint density at radius 2 is 2.14 bits per heavy atom. The van der Waals surface area contributed by atoms with Crippen LogP contribution in [0.5, 0.6) is 0 Å². The molecule has 0 unspecified atom stereocenters. The smallest absolute Gasteiger partial charge is 0.206 e. The molecule has 4 N–H and O–H groups in total. The summed E-state index contributed by atoms with van der Waals surface area (Å²) in [6.45, 7) is 1.79. The van der Waals surface area contributed by atoms with Crippen molar-refractivity contribution in [1.82, 2.24) is 5.43 Å². The van der Waals surface area contributed by atoms with Crippen molar-refractivity contribution in [2.45, 2.75) is 6.92 Å². The number of halogens is 1. The number of nitrogens with zero attached hydrogens (tertiary/aromatic N) is 1. The quantitative estimate of drug-likeness (QED) is 0.394. The Hall–Kier alpha value is -1.55. The molecule has 0 aliphatic rings. The lowest BCUT2D eigenvalue weighted by Gasteiger charge is -2.03. The summed E-state index contributed by atoms with van der Waals surface area (Å²) >= 11 is 5.94. The Morgan fingerprint density at radius 3 is 2.71 bits per heavy atom. The van der Waals surface area contributed by atoms with Crippen molar-refractivity contribution < 1.29 is 0 Å². The predicted molar refractivity (Wildman–Crippen MR) is 58.7 cm³/mol. The zero-order chi connectivity index (χ0) is 10.6. The minimum absolute atomic E-state index is 0.198. The van der Waals surface area contributed by atoms with Gasteiger partial charge >= 0.3 is 0 Å². The molecule has 0 aromatic heterocycles. The van der Waals surface area contributed by atoms with Crippen LogP contribution in [0, 0.1) is 5.41 Å². The second-order valence-electron chi connectivity index (χ2n) is 2.70. The highest BCUT2D eigenvalue weighted by atomic mass is 35.5. The van der Waals surface area contributed by atoms with Crippen LogP contribution in [0.1, 0.15) is 12.5 Å². The third-order valence-corrected chi connectivity index (χ3v) is 1.94. The molecule has 0 spiro atoms. The molecule has 0 bridgehead atoms. The van der Waals surface area contributed by atoms with Gasteiger partial charge < -0.3 is 5.73 Å². The molecule has 0 atom stereocenters. The van der Waals surface area contributed by atoms with Crippen molar-refractivity contribution in [2.75, 3.05) is 0 Å². The lowest BCUT2D eigenvalue weighted by Crippen LogP contribution is -2.26. The minimum Gasteiger partial charge on any atom is -0.369 e. The summed E-state index contributed by atoms with van der Waals surface area (Å²) in [6.07, 6.45) is 0. The first kappa shape index (κ1) is 10.5. The van der Waals surface area contributed by atoms with Gasteiger partial charge in [0.1, 0.15) is 0 Å². The summed E-state index contributed by atoms with van der Waals surface area (Å²) in [5.41, 5.74) is 8.96. The molecule has 0 saturated carbocycles. The first-order valence-corrected chi connectivity index (χ1v) is 4.38. The van der Waals surface area contributed by atoms with E-state index in [4.69, 9.17) is 22.7 Å². The maximum Gasteiger partial charge on any atom is 0.206 e. The van der Waals surface area contributed by atoms with Gasteiger partial charge in [-0.2, -0.15) is 5.10 Å². The zero-order valence-corrected chi connectivity index (χ0v) is 8.47. The van der Waals surface area contributed by atoms with Gasteiger partial charge in [0, 0.05) is 10.6 Å². The van der Waals surface area contributed by atoms with Crippen molar-refractivity contribution in [3.8, 4) is 0 Å². The molecule has 0 heterocycles. The molecule has 0 fully saturated rings. The van der Waals surface area contributed by atoms with Crippen molar-refractivity contribution in [3.05, 3.63) is 34.9 Å². The van der Waals surface area contributed by atoms with Crippen LogP contribution in [0.25, 0.3) is 0 Å². The van der Waals surface area contributed by atoms with Gasteiger partial charge in [-0.05, 0) is 13.0 Å². The number of guanidine groups is 1. The Bertz CT molecular complexity index is 373. The van der Waals surface area contributed by atoms with Gasteiger partial charge in [0.15, 0.2) is 0 Å². The molecule has 1 rings (SSSR count). The van der Waals surface area contributed by atoms with Crippen molar-refractivity contribution >= 4 is 23.3 Å². The summed E-state index contributed by atoms with van der Waals surface area (Å²) < 4.78 is 0. The maximum absolute atomic E-state index is 6.93. The van der Waals surface area contributed by atoms with E-state index in [1.165, 1.54) is 0 Å². The number of nitrogens with two attached hydrogens (primary N) is 1. The molecule has 0 amide bonds. The molecular weight excluding hydrogens is 200 g/mol. The number of rotatable bonds is 2. The highest BCUT2D eigenvalue weighted by Crippen LogP contribution is 2.15. The third kappa shape index (κ3) is 2.74. The van der Waals surface area contributed by atoms with E-state index in [0.717, 1.165) is 5.56 Å². The van der Waals surface area contributed by atoms with E-state index in [1.807, 2.05) is 18.2 Å². The molecule has 14 heavy (non-hydrogen) atoms. The van der Waals surface area contributed by atoms with E-state index < -0.39 is 0 Å². The molecule has 4 nitrogen and oxygen atoms in total. The highest BCUT2D eigenvalue weighted by molar-refractivity contribution is 6.34. The Labute approximate surface area is 87.3 Å². The molecular formula is C9H11ClN4. The van der Waals surface area contributed by atoms with Gasteiger partial charge in [-0.15, -0.1) is 0 Å². The second-order valence-corrected chi connectivity index (χ2v) is 3.11. The van der Waals surface area contributed by atoms with Crippen LogP contribution in [-0.4, -0.2) is 11.7 Å². The van der Waals surface area contributed by atoms with E-state index in [9.17, 15) is 0 Å². The fraction of sp³-hybridized carbons (Fsp3) is 0.111. The zero-order valence-electron chi connectivity index (χ0n) is 7.71. The van der Waals surface area contributed by atoms with Crippen LogP contribution in [0.2, 0.25) is 5.02 Å². The fourth-order valence-corrected chi connectivity index (χ4v) is 1.23. The van der Waals surface area contributed by atoms with Gasteiger partial charge in [-0.1, -0.05) is 29.8 Å². The van der Waals surface area contributed by atoms with Crippen LogP contribution in [0.15, 0.2) is 29.4 Å². The minimum atomic E-state index is -0.198. The molecule has 5 heteroatoms. The van der Waals surface area contributed by atoms with Crippen molar-refractivity contribution in [2.24, 2.45) is 10.8 Å². The average Bonchev–Trinajstić information content (AvgIpc) is 2.15. The summed E-state index contributed by atoms with van der Waals surface area (Å²) in [5.74, 6) is -0.198. The topological polar surface area (TPSA) is 74.3 Å². The van der Waals surface area contributed by atoms with Crippen LogP contribution >= 0.6 is 11.6 Å². The molecule has 0 aliphatic heterocycles. The number of hydrogen-bond acceptors (Lipinski definition) is 2. The van der Waals surface area contributed by atoms with Crippen LogP contribution in [0.4, 0.5) is 0 Å². The monoisotopic (exact) mass is 210 g/mol. The van der Waals surface area contributed by atoms with Gasteiger partial charge in [0.05, 0.1) is 5.71 Å². The normalized spacial score (nSPS) is 11.1. The Balaban J connectivity index is 2.89. The average molecular weight is 211 g/mol. The largest absolute Gasteiger partial charge is 0.369 e. The first-order chi connectivity index (χ1) is 6.61. The first-order valence-electron chi connectivity index (χ1n) is 4.00. The Morgan fingerprint density at radius 1 is 1.50 bits per heavy atom. The molecule has 0 saturated heterocycles. The summed E-state index contributed by atoms with van der Waals surface area (Å²) in [6, 6.07) is 7.35. The van der Waals surface area contributed by atoms with Gasteiger partial charge in [0.25, 0.3) is 0 Å². The SMILES string of the molecule is C/C(=N\NC(=N)N)c1ccccc1Cl. The summed E-state index contributed by atoms with van der Waals surface area (Å²) in [7, 11) is 0. The van der Waals surface area contributed by atoms with E-state index in [-0.39, 0.29) is 5.96 Å². The molecule has 74 valence electrons.